The summed E-state index contributed by atoms with van der Waals surface area (Å²) in [5.41, 5.74) is 0. The van der Waals surface area contributed by atoms with Crippen molar-refractivity contribution < 1.29 is 13.9 Å². The largest absolute Gasteiger partial charge is 0.454 e. The number of nitrogens with one attached hydrogen (secondary N) is 1. The lowest BCUT2D eigenvalue weighted by Gasteiger charge is -2.03. The van der Waals surface area contributed by atoms with Gasteiger partial charge in [-0.2, -0.15) is 0 Å². The molecule has 0 saturated heterocycles. The summed E-state index contributed by atoms with van der Waals surface area (Å²) in [6, 6.07) is 3.37. The molecule has 4 nitrogen and oxygen atoms in total. The average Bonchev–Trinajstić information content (AvgIpc) is 2.83. The van der Waals surface area contributed by atoms with Gasteiger partial charge in [0.2, 0.25) is 0 Å². The molecule has 0 spiro atoms. The number of hydrogen-bond acceptors (Lipinski definition) is 3. The molecule has 0 aliphatic heterocycles. The van der Waals surface area contributed by atoms with Crippen molar-refractivity contribution in [3.05, 3.63) is 23.7 Å². The monoisotopic (exact) mass is 273 g/mol. The smallest absolute Gasteiger partial charge is 0.286 e. The summed E-state index contributed by atoms with van der Waals surface area (Å²) in [6.07, 6.45) is 1.83. The van der Waals surface area contributed by atoms with Crippen LogP contribution in [0.4, 0.5) is 0 Å². The van der Waals surface area contributed by atoms with Crippen LogP contribution in [-0.4, -0.2) is 25.7 Å². The van der Waals surface area contributed by atoms with Gasteiger partial charge in [-0.1, -0.05) is 0 Å². The molecule has 1 unspecified atom stereocenters. The van der Waals surface area contributed by atoms with E-state index in [1.807, 2.05) is 6.92 Å². The van der Waals surface area contributed by atoms with Crippen molar-refractivity contribution in [2.75, 3.05) is 19.8 Å². The van der Waals surface area contributed by atoms with Gasteiger partial charge in [-0.3, -0.25) is 4.79 Å². The molecule has 1 rings (SSSR count). The van der Waals surface area contributed by atoms with E-state index in [0.717, 1.165) is 26.1 Å². The Labute approximate surface area is 113 Å². The van der Waals surface area contributed by atoms with Crippen molar-refractivity contribution in [2.45, 2.75) is 32.1 Å². The maximum absolute atomic E-state index is 11.7. The summed E-state index contributed by atoms with van der Waals surface area (Å²) in [5, 5.41) is 2.57. The Morgan fingerprint density at radius 2 is 2.28 bits per heavy atom. The molecule has 0 saturated carbocycles. The van der Waals surface area contributed by atoms with Gasteiger partial charge in [-0.15, -0.1) is 11.6 Å². The number of unbranched alkanes of at least 4 members (excludes halogenated alkanes) is 1. The number of rotatable bonds is 8. The van der Waals surface area contributed by atoms with E-state index in [2.05, 4.69) is 5.32 Å². The highest BCUT2D eigenvalue weighted by molar-refractivity contribution is 6.20. The van der Waals surface area contributed by atoms with Gasteiger partial charge in [-0.05, 0) is 38.8 Å². The summed E-state index contributed by atoms with van der Waals surface area (Å²) in [4.78, 5) is 11.7. The number of amides is 1. The molecule has 1 atom stereocenters. The van der Waals surface area contributed by atoms with E-state index < -0.39 is 0 Å². The lowest BCUT2D eigenvalue weighted by molar-refractivity contribution is 0.0920. The van der Waals surface area contributed by atoms with Crippen LogP contribution < -0.4 is 5.32 Å². The Balaban J connectivity index is 2.23. The normalized spacial score (nSPS) is 12.4. The highest BCUT2D eigenvalue weighted by atomic mass is 35.5. The third-order valence-corrected chi connectivity index (χ3v) is 2.66. The molecule has 1 amide bonds. The van der Waals surface area contributed by atoms with Crippen LogP contribution in [-0.2, 0) is 4.74 Å². The summed E-state index contributed by atoms with van der Waals surface area (Å²) < 4.78 is 10.5. The molecule has 18 heavy (non-hydrogen) atoms. The van der Waals surface area contributed by atoms with Gasteiger partial charge in [0.25, 0.3) is 5.91 Å². The number of alkyl halides is 1. The SMILES string of the molecule is CCOCCCCNC(=O)c1ccc(C(C)Cl)o1. The predicted molar refractivity (Wildman–Crippen MR) is 71.0 cm³/mol. The molecule has 1 heterocycles. The van der Waals surface area contributed by atoms with Crippen molar-refractivity contribution >= 4 is 17.5 Å². The standard InChI is InChI=1S/C13H20ClNO3/c1-3-17-9-5-4-8-15-13(16)12-7-6-11(18-12)10(2)14/h6-7,10H,3-5,8-9H2,1-2H3,(H,15,16). The van der Waals surface area contributed by atoms with Crippen molar-refractivity contribution in [3.63, 3.8) is 0 Å². The van der Waals surface area contributed by atoms with Gasteiger partial charge < -0.3 is 14.5 Å². The first kappa shape index (κ1) is 15.1. The maximum Gasteiger partial charge on any atom is 0.286 e. The van der Waals surface area contributed by atoms with Gasteiger partial charge in [0.15, 0.2) is 5.76 Å². The van der Waals surface area contributed by atoms with E-state index in [1.54, 1.807) is 19.1 Å². The predicted octanol–water partition coefficient (Wildman–Crippen LogP) is 3.13. The van der Waals surface area contributed by atoms with Crippen LogP contribution in [0, 0.1) is 0 Å². The molecule has 0 fully saturated rings. The number of furan rings is 1. The van der Waals surface area contributed by atoms with Crippen molar-refractivity contribution in [2.24, 2.45) is 0 Å². The second kappa shape index (κ2) is 8.16. The number of carbonyl (C=O) groups is 1. The van der Waals surface area contributed by atoms with Crippen molar-refractivity contribution in [1.82, 2.24) is 5.32 Å². The molecular formula is C13H20ClNO3. The summed E-state index contributed by atoms with van der Waals surface area (Å²) in [5.74, 6) is 0.718. The van der Waals surface area contributed by atoms with Crippen LogP contribution >= 0.6 is 11.6 Å². The molecule has 5 heteroatoms. The molecule has 1 aromatic heterocycles. The van der Waals surface area contributed by atoms with Gasteiger partial charge in [0.1, 0.15) is 5.76 Å². The molecule has 1 N–H and O–H groups in total. The fourth-order valence-electron chi connectivity index (χ4n) is 1.45. The van der Waals surface area contributed by atoms with Gasteiger partial charge >= 0.3 is 0 Å². The van der Waals surface area contributed by atoms with Crippen LogP contribution in [0.5, 0.6) is 0 Å². The zero-order valence-electron chi connectivity index (χ0n) is 10.9. The van der Waals surface area contributed by atoms with Gasteiger partial charge in [0.05, 0.1) is 5.38 Å². The zero-order valence-corrected chi connectivity index (χ0v) is 11.6. The van der Waals surface area contributed by atoms with Crippen molar-refractivity contribution in [3.8, 4) is 0 Å². The van der Waals surface area contributed by atoms with Crippen LogP contribution in [0.15, 0.2) is 16.5 Å². The first-order valence-corrected chi connectivity index (χ1v) is 6.68. The molecule has 0 aliphatic carbocycles. The third kappa shape index (κ3) is 5.10. The summed E-state index contributed by atoms with van der Waals surface area (Å²) in [7, 11) is 0. The number of ether oxygens (including phenoxy) is 1. The maximum atomic E-state index is 11.7. The quantitative estimate of drug-likeness (QED) is 0.585. The Hall–Kier alpha value is -1.00. The summed E-state index contributed by atoms with van der Waals surface area (Å²) in [6.45, 7) is 5.86. The minimum absolute atomic E-state index is 0.199. The van der Waals surface area contributed by atoms with Crippen LogP contribution in [0.2, 0.25) is 0 Å². The number of halogens is 1. The van der Waals surface area contributed by atoms with E-state index in [9.17, 15) is 4.79 Å². The third-order valence-electron chi connectivity index (χ3n) is 2.45. The topological polar surface area (TPSA) is 51.5 Å². The highest BCUT2D eigenvalue weighted by Gasteiger charge is 2.12. The molecule has 0 aromatic carbocycles. The highest BCUT2D eigenvalue weighted by Crippen LogP contribution is 2.21. The van der Waals surface area contributed by atoms with E-state index >= 15 is 0 Å². The molecular weight excluding hydrogens is 254 g/mol. The minimum Gasteiger partial charge on any atom is -0.454 e. The second-order valence-electron chi connectivity index (χ2n) is 3.98. The Morgan fingerprint density at radius 3 is 2.89 bits per heavy atom. The van der Waals surface area contributed by atoms with Crippen molar-refractivity contribution in [1.29, 1.82) is 0 Å². The molecule has 1 aromatic rings. The first-order chi connectivity index (χ1) is 8.65. The van der Waals surface area contributed by atoms with Crippen LogP contribution in [0.3, 0.4) is 0 Å². The Morgan fingerprint density at radius 1 is 1.50 bits per heavy atom. The molecule has 0 radical (unpaired) electrons. The Bertz CT molecular complexity index is 363. The molecule has 0 bridgehead atoms. The average molecular weight is 274 g/mol. The minimum atomic E-state index is -0.224. The summed E-state index contributed by atoms with van der Waals surface area (Å²) >= 11 is 5.86. The fraction of sp³-hybridized carbons (Fsp3) is 0.615. The number of carbonyl (C=O) groups excluding carboxylic acids is 1. The lowest BCUT2D eigenvalue weighted by atomic mass is 10.3. The Kier molecular flexibility index (Phi) is 6.83. The first-order valence-electron chi connectivity index (χ1n) is 6.25. The second-order valence-corrected chi connectivity index (χ2v) is 4.63. The van der Waals surface area contributed by atoms with Gasteiger partial charge in [0, 0.05) is 19.8 Å². The number of hydrogen-bond donors (Lipinski definition) is 1. The fourth-order valence-corrected chi connectivity index (χ4v) is 1.57. The van der Waals surface area contributed by atoms with Crippen LogP contribution in [0.1, 0.15) is 48.4 Å². The molecule has 0 aliphatic rings. The van der Waals surface area contributed by atoms with E-state index in [-0.39, 0.29) is 11.3 Å². The van der Waals surface area contributed by atoms with E-state index in [0.29, 0.717) is 18.1 Å². The zero-order chi connectivity index (χ0) is 13.4. The lowest BCUT2D eigenvalue weighted by Crippen LogP contribution is -2.24. The van der Waals surface area contributed by atoms with E-state index in [4.69, 9.17) is 20.8 Å². The van der Waals surface area contributed by atoms with Crippen LogP contribution in [0.25, 0.3) is 0 Å². The molecule has 102 valence electrons. The van der Waals surface area contributed by atoms with Gasteiger partial charge in [-0.25, -0.2) is 0 Å². The van der Waals surface area contributed by atoms with E-state index in [1.165, 1.54) is 0 Å².